The number of methoxy groups -OCH3 is 1. The molecular weight excluding hydrogens is 274 g/mol. The van der Waals surface area contributed by atoms with Crippen LogP contribution in [0, 0.1) is 0 Å². The number of phenolic OH excluding ortho intramolecular Hbond substituents is 1. The van der Waals surface area contributed by atoms with Crippen LogP contribution in [0.15, 0.2) is 18.2 Å². The highest BCUT2D eigenvalue weighted by molar-refractivity contribution is 6.00. The molecule has 21 heavy (non-hydrogen) atoms. The predicted molar refractivity (Wildman–Crippen MR) is 78.6 cm³/mol. The first-order valence-electron chi connectivity index (χ1n) is 6.93. The van der Waals surface area contributed by atoms with Crippen molar-refractivity contribution in [3.63, 3.8) is 0 Å². The van der Waals surface area contributed by atoms with Gasteiger partial charge in [-0.1, -0.05) is 26.2 Å². The molecule has 0 aliphatic heterocycles. The first-order valence-corrected chi connectivity index (χ1v) is 6.93. The molecule has 1 aromatic rings. The number of benzene rings is 1. The van der Waals surface area contributed by atoms with Crippen molar-refractivity contribution >= 4 is 17.7 Å². The second kappa shape index (κ2) is 8.84. The summed E-state index contributed by atoms with van der Waals surface area (Å²) in [7, 11) is 1.22. The monoisotopic (exact) mass is 295 g/mol. The van der Waals surface area contributed by atoms with Gasteiger partial charge in [-0.3, -0.25) is 5.32 Å². The lowest BCUT2D eigenvalue weighted by atomic mass is 10.1. The van der Waals surface area contributed by atoms with Crippen LogP contribution in [0.1, 0.15) is 43.0 Å². The molecule has 0 aliphatic rings. The zero-order chi connectivity index (χ0) is 15.7. The minimum Gasteiger partial charge on any atom is -0.508 e. The highest BCUT2D eigenvalue weighted by Gasteiger charge is 2.15. The predicted octanol–water partition coefficient (Wildman–Crippen LogP) is 3.31. The first-order chi connectivity index (χ1) is 10.1. The Balaban J connectivity index is 2.57. The Labute approximate surface area is 124 Å². The molecule has 1 rings (SSSR count). The smallest absolute Gasteiger partial charge is 0.411 e. The third kappa shape index (κ3) is 5.72. The van der Waals surface area contributed by atoms with E-state index in [2.05, 4.69) is 17.0 Å². The highest BCUT2D eigenvalue weighted by atomic mass is 16.5. The summed E-state index contributed by atoms with van der Waals surface area (Å²) in [6.07, 6.45) is 3.40. The molecule has 0 saturated carbocycles. The van der Waals surface area contributed by atoms with E-state index in [9.17, 15) is 14.7 Å². The van der Waals surface area contributed by atoms with E-state index in [1.165, 1.54) is 25.3 Å². The molecule has 2 N–H and O–H groups in total. The van der Waals surface area contributed by atoms with Crippen LogP contribution in [0.4, 0.5) is 10.5 Å². The van der Waals surface area contributed by atoms with Gasteiger partial charge < -0.3 is 14.6 Å². The Kier molecular flexibility index (Phi) is 7.08. The summed E-state index contributed by atoms with van der Waals surface area (Å²) in [4.78, 5) is 23.2. The van der Waals surface area contributed by atoms with Crippen molar-refractivity contribution in [2.45, 2.75) is 32.6 Å². The standard InChI is InChI=1S/C15H21NO5/c1-3-4-5-6-9-21-15(19)16-13-8-7-11(17)10-12(13)14(18)20-2/h7-8,10,17H,3-6,9H2,1-2H3,(H,16,19). The summed E-state index contributed by atoms with van der Waals surface area (Å²) in [6.45, 7) is 2.43. The lowest BCUT2D eigenvalue weighted by Crippen LogP contribution is -2.17. The number of amides is 1. The van der Waals surface area contributed by atoms with Crippen molar-refractivity contribution in [3.05, 3.63) is 23.8 Å². The number of carbonyl (C=O) groups excluding carboxylic acids is 2. The van der Waals surface area contributed by atoms with Gasteiger partial charge in [0, 0.05) is 0 Å². The second-order valence-electron chi connectivity index (χ2n) is 4.54. The zero-order valence-electron chi connectivity index (χ0n) is 12.3. The zero-order valence-corrected chi connectivity index (χ0v) is 12.3. The van der Waals surface area contributed by atoms with Crippen LogP contribution in [0.25, 0.3) is 0 Å². The van der Waals surface area contributed by atoms with Gasteiger partial charge in [-0.05, 0) is 24.6 Å². The summed E-state index contributed by atoms with van der Waals surface area (Å²) in [5.74, 6) is -0.738. The van der Waals surface area contributed by atoms with E-state index in [1.54, 1.807) is 0 Å². The van der Waals surface area contributed by atoms with Gasteiger partial charge in [0.15, 0.2) is 0 Å². The lowest BCUT2D eigenvalue weighted by molar-refractivity contribution is 0.0601. The van der Waals surface area contributed by atoms with Crippen LogP contribution < -0.4 is 5.32 Å². The number of rotatable bonds is 7. The van der Waals surface area contributed by atoms with E-state index < -0.39 is 12.1 Å². The number of phenols is 1. The lowest BCUT2D eigenvalue weighted by Gasteiger charge is -2.10. The maximum atomic E-state index is 11.6. The Bertz CT molecular complexity index is 487. The number of unbranched alkanes of at least 4 members (excludes halogenated alkanes) is 3. The minimum atomic E-state index is -0.649. The third-order valence-electron chi connectivity index (χ3n) is 2.88. The van der Waals surface area contributed by atoms with E-state index in [4.69, 9.17) is 4.74 Å². The van der Waals surface area contributed by atoms with Crippen molar-refractivity contribution < 1.29 is 24.2 Å². The Hall–Kier alpha value is -2.24. The fraction of sp³-hybridized carbons (Fsp3) is 0.467. The van der Waals surface area contributed by atoms with E-state index in [1.807, 2.05) is 0 Å². The molecule has 0 spiro atoms. The van der Waals surface area contributed by atoms with Crippen molar-refractivity contribution in [2.75, 3.05) is 19.0 Å². The summed E-state index contributed by atoms with van der Waals surface area (Å²) < 4.78 is 9.62. The molecule has 0 bridgehead atoms. The van der Waals surface area contributed by atoms with Gasteiger partial charge in [-0.2, -0.15) is 0 Å². The fourth-order valence-corrected chi connectivity index (χ4v) is 1.76. The number of esters is 1. The van der Waals surface area contributed by atoms with Crippen LogP contribution in [0.5, 0.6) is 5.75 Å². The number of aromatic hydroxyl groups is 1. The fourth-order valence-electron chi connectivity index (χ4n) is 1.76. The molecule has 0 unspecified atom stereocenters. The van der Waals surface area contributed by atoms with Gasteiger partial charge >= 0.3 is 12.1 Å². The maximum absolute atomic E-state index is 11.6. The Morgan fingerprint density at radius 2 is 2.00 bits per heavy atom. The molecule has 0 saturated heterocycles. The van der Waals surface area contributed by atoms with Crippen molar-refractivity contribution in [2.24, 2.45) is 0 Å². The quantitative estimate of drug-likeness (QED) is 0.458. The van der Waals surface area contributed by atoms with Crippen molar-refractivity contribution in [3.8, 4) is 5.75 Å². The molecule has 6 nitrogen and oxygen atoms in total. The van der Waals surface area contributed by atoms with E-state index in [0.29, 0.717) is 6.61 Å². The number of anilines is 1. The van der Waals surface area contributed by atoms with Gasteiger partial charge in [-0.15, -0.1) is 0 Å². The molecule has 0 heterocycles. The molecule has 1 aromatic carbocycles. The van der Waals surface area contributed by atoms with Crippen LogP contribution in [-0.2, 0) is 9.47 Å². The van der Waals surface area contributed by atoms with Crippen LogP contribution in [-0.4, -0.2) is 30.9 Å². The first kappa shape index (κ1) is 16.8. The van der Waals surface area contributed by atoms with Gasteiger partial charge in [0.25, 0.3) is 0 Å². The van der Waals surface area contributed by atoms with E-state index in [0.717, 1.165) is 25.7 Å². The number of nitrogens with one attached hydrogen (secondary N) is 1. The normalized spacial score (nSPS) is 10.0. The molecular formula is C15H21NO5. The van der Waals surface area contributed by atoms with Gasteiger partial charge in [0.1, 0.15) is 5.75 Å². The molecule has 6 heteroatoms. The van der Waals surface area contributed by atoms with E-state index >= 15 is 0 Å². The van der Waals surface area contributed by atoms with Crippen molar-refractivity contribution in [1.29, 1.82) is 0 Å². The summed E-state index contributed by atoms with van der Waals surface area (Å²) in [6, 6.07) is 4.01. The number of ether oxygens (including phenoxy) is 2. The van der Waals surface area contributed by atoms with Gasteiger partial charge in [0.2, 0.25) is 0 Å². The molecule has 116 valence electrons. The maximum Gasteiger partial charge on any atom is 0.411 e. The molecule has 0 radical (unpaired) electrons. The number of carbonyl (C=O) groups is 2. The summed E-state index contributed by atoms with van der Waals surface area (Å²) in [5.41, 5.74) is 0.304. The average molecular weight is 295 g/mol. The molecule has 0 aromatic heterocycles. The highest BCUT2D eigenvalue weighted by Crippen LogP contribution is 2.22. The Morgan fingerprint density at radius 1 is 1.24 bits per heavy atom. The van der Waals surface area contributed by atoms with Gasteiger partial charge in [-0.25, -0.2) is 9.59 Å². The Morgan fingerprint density at radius 3 is 2.67 bits per heavy atom. The minimum absolute atomic E-state index is 0.0698. The molecule has 0 fully saturated rings. The largest absolute Gasteiger partial charge is 0.508 e. The number of hydrogen-bond donors (Lipinski definition) is 2. The van der Waals surface area contributed by atoms with Gasteiger partial charge in [0.05, 0.1) is 25.0 Å². The van der Waals surface area contributed by atoms with E-state index in [-0.39, 0.29) is 17.0 Å². The van der Waals surface area contributed by atoms with Crippen LogP contribution in [0.2, 0.25) is 0 Å². The third-order valence-corrected chi connectivity index (χ3v) is 2.88. The molecule has 0 atom stereocenters. The SMILES string of the molecule is CCCCCCOC(=O)Nc1ccc(O)cc1C(=O)OC. The van der Waals surface area contributed by atoms with Crippen LogP contribution >= 0.6 is 0 Å². The summed E-state index contributed by atoms with van der Waals surface area (Å²) in [5, 5.41) is 11.9. The van der Waals surface area contributed by atoms with Crippen LogP contribution in [0.3, 0.4) is 0 Å². The second-order valence-corrected chi connectivity index (χ2v) is 4.54. The molecule has 0 aliphatic carbocycles. The molecule has 1 amide bonds. The summed E-state index contributed by atoms with van der Waals surface area (Å²) >= 11 is 0. The van der Waals surface area contributed by atoms with Crippen molar-refractivity contribution in [1.82, 2.24) is 0 Å². The topological polar surface area (TPSA) is 84.9 Å². The number of hydrogen-bond acceptors (Lipinski definition) is 5. The average Bonchev–Trinajstić information content (AvgIpc) is 2.48.